The van der Waals surface area contributed by atoms with Gasteiger partial charge >= 0.3 is 12.1 Å². The van der Waals surface area contributed by atoms with E-state index in [0.717, 1.165) is 43.8 Å². The van der Waals surface area contributed by atoms with E-state index in [1.807, 2.05) is 20.8 Å². The molecule has 10 nitrogen and oxygen atoms in total. The van der Waals surface area contributed by atoms with Crippen LogP contribution in [0.15, 0.2) is 0 Å². The third-order valence-corrected chi connectivity index (χ3v) is 7.05. The molecule has 3 rings (SSSR count). The molecule has 0 radical (unpaired) electrons. The van der Waals surface area contributed by atoms with E-state index in [1.54, 1.807) is 4.90 Å². The SMILES string of the molecule is COC(=O)CN1CCC(CNC(=O)c2nnc(C3CCN(C(=O)OC(C)(C)C)CC3)s2)CC1. The highest BCUT2D eigenvalue weighted by atomic mass is 32.1. The quantitative estimate of drug-likeness (QED) is 0.616. The molecule has 2 fully saturated rings. The Morgan fingerprint density at radius 3 is 2.33 bits per heavy atom. The van der Waals surface area contributed by atoms with E-state index in [-0.39, 0.29) is 23.9 Å². The molecular weight excluding hydrogens is 446 g/mol. The van der Waals surface area contributed by atoms with Gasteiger partial charge in [0.25, 0.3) is 5.91 Å². The standard InChI is InChI=1S/C22H35N5O5S/c1-22(2,3)32-21(30)27-11-7-16(8-12-27)19-24-25-20(33-19)18(29)23-13-15-5-9-26(10-6-15)14-17(28)31-4/h15-16H,5-14H2,1-4H3,(H,23,29). The Hall–Kier alpha value is -2.27. The highest BCUT2D eigenvalue weighted by Gasteiger charge is 2.30. The van der Waals surface area contributed by atoms with Gasteiger partial charge in [-0.1, -0.05) is 11.3 Å². The Balaban J connectivity index is 1.40. The molecule has 2 aliphatic rings. The molecule has 0 atom stereocenters. The highest BCUT2D eigenvalue weighted by Crippen LogP contribution is 2.30. The monoisotopic (exact) mass is 481 g/mol. The van der Waals surface area contributed by atoms with Gasteiger partial charge in [-0.05, 0) is 65.5 Å². The highest BCUT2D eigenvalue weighted by molar-refractivity contribution is 7.13. The minimum absolute atomic E-state index is 0.193. The van der Waals surface area contributed by atoms with Gasteiger partial charge in [-0.15, -0.1) is 10.2 Å². The molecule has 1 aromatic heterocycles. The normalized spacial score (nSPS) is 18.7. The first-order chi connectivity index (χ1) is 15.6. The van der Waals surface area contributed by atoms with Gasteiger partial charge in [0, 0.05) is 25.6 Å². The smallest absolute Gasteiger partial charge is 0.410 e. The van der Waals surface area contributed by atoms with Crippen LogP contribution in [0.5, 0.6) is 0 Å². The lowest BCUT2D eigenvalue weighted by molar-refractivity contribution is -0.142. The fourth-order valence-corrected chi connectivity index (χ4v) is 4.96. The molecule has 33 heavy (non-hydrogen) atoms. The summed E-state index contributed by atoms with van der Waals surface area (Å²) in [5.41, 5.74) is -0.504. The minimum atomic E-state index is -0.504. The Bertz CT molecular complexity index is 823. The average Bonchev–Trinajstić information content (AvgIpc) is 3.28. The zero-order valence-corrected chi connectivity index (χ0v) is 20.8. The van der Waals surface area contributed by atoms with E-state index in [1.165, 1.54) is 18.4 Å². The predicted octanol–water partition coefficient (Wildman–Crippen LogP) is 2.27. The van der Waals surface area contributed by atoms with Crippen LogP contribution in [0.2, 0.25) is 0 Å². The molecule has 0 aromatic carbocycles. The summed E-state index contributed by atoms with van der Waals surface area (Å²) in [5.74, 6) is 0.167. The Labute approximate surface area is 199 Å². The van der Waals surface area contributed by atoms with Crippen LogP contribution in [0, 0.1) is 5.92 Å². The van der Waals surface area contributed by atoms with Crippen LogP contribution in [0.4, 0.5) is 4.79 Å². The van der Waals surface area contributed by atoms with Crippen molar-refractivity contribution in [3.05, 3.63) is 10.0 Å². The zero-order valence-electron chi connectivity index (χ0n) is 20.0. The lowest BCUT2D eigenvalue weighted by Gasteiger charge is -2.32. The fraction of sp³-hybridized carbons (Fsp3) is 0.773. The van der Waals surface area contributed by atoms with Gasteiger partial charge in [0.05, 0.1) is 13.7 Å². The summed E-state index contributed by atoms with van der Waals surface area (Å²) in [7, 11) is 1.40. The van der Waals surface area contributed by atoms with Crippen molar-refractivity contribution >= 4 is 29.3 Å². The number of methoxy groups -OCH3 is 1. The lowest BCUT2D eigenvalue weighted by atomic mass is 9.97. The first-order valence-electron chi connectivity index (χ1n) is 11.5. The van der Waals surface area contributed by atoms with E-state index in [9.17, 15) is 14.4 Å². The number of rotatable bonds is 6. The van der Waals surface area contributed by atoms with Crippen molar-refractivity contribution in [3.8, 4) is 0 Å². The fourth-order valence-electron chi connectivity index (χ4n) is 4.04. The maximum absolute atomic E-state index is 12.6. The van der Waals surface area contributed by atoms with Crippen LogP contribution in [0.1, 0.15) is 67.2 Å². The summed E-state index contributed by atoms with van der Waals surface area (Å²) >= 11 is 1.33. The second kappa shape index (κ2) is 11.2. The molecule has 0 unspecified atom stereocenters. The van der Waals surface area contributed by atoms with E-state index in [2.05, 4.69) is 20.4 Å². The van der Waals surface area contributed by atoms with Crippen molar-refractivity contribution < 1.29 is 23.9 Å². The van der Waals surface area contributed by atoms with Crippen LogP contribution >= 0.6 is 11.3 Å². The van der Waals surface area contributed by atoms with Crippen LogP contribution in [0.25, 0.3) is 0 Å². The van der Waals surface area contributed by atoms with E-state index < -0.39 is 5.60 Å². The number of piperidine rings is 2. The van der Waals surface area contributed by atoms with Crippen molar-refractivity contribution in [3.63, 3.8) is 0 Å². The number of carbonyl (C=O) groups excluding carboxylic acids is 3. The molecule has 1 aromatic rings. The Morgan fingerprint density at radius 2 is 1.73 bits per heavy atom. The van der Waals surface area contributed by atoms with Crippen LogP contribution in [-0.4, -0.2) is 89.9 Å². The second-order valence-electron chi connectivity index (χ2n) is 9.69. The Kier molecular flexibility index (Phi) is 8.63. The van der Waals surface area contributed by atoms with E-state index in [0.29, 0.717) is 37.1 Å². The zero-order chi connectivity index (χ0) is 24.0. The molecule has 2 saturated heterocycles. The second-order valence-corrected chi connectivity index (χ2v) is 10.7. The van der Waals surface area contributed by atoms with Crippen molar-refractivity contribution in [2.45, 2.75) is 58.0 Å². The summed E-state index contributed by atoms with van der Waals surface area (Å²) in [6.07, 6.45) is 3.12. The number of esters is 1. The van der Waals surface area contributed by atoms with Crippen LogP contribution < -0.4 is 5.32 Å². The molecule has 2 amide bonds. The predicted molar refractivity (Wildman–Crippen MR) is 123 cm³/mol. The number of aromatic nitrogens is 2. The summed E-state index contributed by atoms with van der Waals surface area (Å²) < 4.78 is 10.2. The molecule has 184 valence electrons. The van der Waals surface area contributed by atoms with Gasteiger partial charge in [-0.3, -0.25) is 14.5 Å². The van der Waals surface area contributed by atoms with E-state index >= 15 is 0 Å². The molecule has 0 saturated carbocycles. The number of ether oxygens (including phenoxy) is 2. The Morgan fingerprint density at radius 1 is 1.06 bits per heavy atom. The largest absolute Gasteiger partial charge is 0.468 e. The third kappa shape index (κ3) is 7.63. The van der Waals surface area contributed by atoms with Crippen LogP contribution in [0.3, 0.4) is 0 Å². The topological polar surface area (TPSA) is 114 Å². The lowest BCUT2D eigenvalue weighted by Crippen LogP contribution is -2.41. The maximum atomic E-state index is 12.6. The van der Waals surface area contributed by atoms with Gasteiger partial charge in [0.2, 0.25) is 5.01 Å². The van der Waals surface area contributed by atoms with Crippen molar-refractivity contribution in [1.29, 1.82) is 0 Å². The van der Waals surface area contributed by atoms with Gasteiger partial charge in [0.15, 0.2) is 0 Å². The minimum Gasteiger partial charge on any atom is -0.468 e. The molecule has 0 bridgehead atoms. The van der Waals surface area contributed by atoms with Gasteiger partial charge in [-0.25, -0.2) is 4.79 Å². The number of amides is 2. The number of likely N-dealkylation sites (tertiary alicyclic amines) is 2. The first kappa shape index (κ1) is 25.4. The molecule has 0 spiro atoms. The number of nitrogens with zero attached hydrogens (tertiary/aromatic N) is 4. The molecule has 2 aliphatic heterocycles. The first-order valence-corrected chi connectivity index (χ1v) is 12.3. The molecular formula is C22H35N5O5S. The van der Waals surface area contributed by atoms with Crippen LogP contribution in [-0.2, 0) is 14.3 Å². The van der Waals surface area contributed by atoms with Gasteiger partial charge < -0.3 is 19.7 Å². The molecule has 11 heteroatoms. The van der Waals surface area contributed by atoms with Gasteiger partial charge in [-0.2, -0.15) is 0 Å². The van der Waals surface area contributed by atoms with Crippen molar-refractivity contribution in [2.24, 2.45) is 5.92 Å². The average molecular weight is 482 g/mol. The molecule has 1 N–H and O–H groups in total. The van der Waals surface area contributed by atoms with Gasteiger partial charge in [0.1, 0.15) is 10.6 Å². The van der Waals surface area contributed by atoms with Crippen molar-refractivity contribution in [1.82, 2.24) is 25.3 Å². The molecule has 3 heterocycles. The number of nitrogens with one attached hydrogen (secondary N) is 1. The van der Waals surface area contributed by atoms with E-state index in [4.69, 9.17) is 9.47 Å². The number of hydrogen-bond acceptors (Lipinski definition) is 9. The molecule has 0 aliphatic carbocycles. The summed E-state index contributed by atoms with van der Waals surface area (Å²) in [6.45, 7) is 9.35. The third-order valence-electron chi connectivity index (χ3n) is 5.97. The summed E-state index contributed by atoms with van der Waals surface area (Å²) in [5, 5.41) is 12.6. The number of carbonyl (C=O) groups is 3. The summed E-state index contributed by atoms with van der Waals surface area (Å²) in [4.78, 5) is 40.0. The van der Waals surface area contributed by atoms with Crippen molar-refractivity contribution in [2.75, 3.05) is 46.4 Å². The number of hydrogen-bond donors (Lipinski definition) is 1. The maximum Gasteiger partial charge on any atom is 0.410 e. The summed E-state index contributed by atoms with van der Waals surface area (Å²) in [6, 6.07) is 0.